The molecule has 40 heavy (non-hydrogen) atoms. The summed E-state index contributed by atoms with van der Waals surface area (Å²) < 4.78 is -0.982. The standard InChI is InChI=1S/C28H29N5O7/c1-4-23-31(26(37)38)21-12-11-20-17-22(21)33(23,27(39)40)32(20)28(14-5-6-15-30(28)16-13-24(34)35)25(36)18-7-9-19(10-8-18)29(2)3/h5-12,14-15,17,23H,4,13,16H2,1-3H3,(H2-,34,35,37,38,39,40)/p+1. The topological polar surface area (TPSA) is 142 Å². The highest BCUT2D eigenvalue weighted by molar-refractivity contribution is 6.11. The normalized spacial score (nSPS) is 24.0. The molecule has 3 N–H and O–H groups in total. The number of quaternary nitrogens is 1. The Hall–Kier alpha value is -4.84. The van der Waals surface area contributed by atoms with E-state index in [1.807, 2.05) is 19.0 Å². The molecule has 3 atom stereocenters. The van der Waals surface area contributed by atoms with Gasteiger partial charge in [-0.3, -0.25) is 9.59 Å². The van der Waals surface area contributed by atoms with Crippen LogP contribution in [0.15, 0.2) is 66.9 Å². The number of ketones is 1. The van der Waals surface area contributed by atoms with Crippen LogP contribution in [0.5, 0.6) is 0 Å². The number of Topliss-reactive ketones (excluding diaryl/α,β-unsaturated/α-hetero) is 1. The van der Waals surface area contributed by atoms with Crippen molar-refractivity contribution < 1.29 is 34.5 Å². The Bertz CT molecular complexity index is 1470. The number of allylic oxidation sites excluding steroid dienone is 2. The van der Waals surface area contributed by atoms with Gasteiger partial charge in [0.2, 0.25) is 17.6 Å². The summed E-state index contributed by atoms with van der Waals surface area (Å²) in [5.41, 5.74) is 0.105. The first-order chi connectivity index (χ1) is 19.0. The van der Waals surface area contributed by atoms with Crippen molar-refractivity contribution >= 4 is 46.7 Å². The Labute approximate surface area is 230 Å². The second-order valence-corrected chi connectivity index (χ2v) is 10.0. The molecule has 3 heterocycles. The van der Waals surface area contributed by atoms with E-state index in [4.69, 9.17) is 0 Å². The van der Waals surface area contributed by atoms with E-state index in [0.29, 0.717) is 5.69 Å². The Balaban J connectivity index is 1.78. The van der Waals surface area contributed by atoms with E-state index in [1.165, 1.54) is 9.91 Å². The van der Waals surface area contributed by atoms with Crippen molar-refractivity contribution in [3.8, 4) is 0 Å². The minimum absolute atomic E-state index is 0.115. The molecule has 0 saturated heterocycles. The lowest BCUT2D eigenvalue weighted by Crippen LogP contribution is -2.80. The number of amides is 2. The summed E-state index contributed by atoms with van der Waals surface area (Å²) in [4.78, 5) is 56.7. The second kappa shape index (κ2) is 9.42. The molecule has 0 aromatic heterocycles. The Morgan fingerprint density at radius 1 is 1.00 bits per heavy atom. The molecule has 12 nitrogen and oxygen atoms in total. The molecule has 2 bridgehead atoms. The number of carboxylic acid groups (broad SMARTS) is 3. The van der Waals surface area contributed by atoms with Crippen molar-refractivity contribution in [2.75, 3.05) is 35.4 Å². The summed E-state index contributed by atoms with van der Waals surface area (Å²) in [5.74, 6) is -1.58. The number of rotatable bonds is 8. The zero-order valence-electron chi connectivity index (χ0n) is 22.3. The predicted octanol–water partition coefficient (Wildman–Crippen LogP) is 4.15. The first-order valence-electron chi connectivity index (χ1n) is 12.8. The summed E-state index contributed by atoms with van der Waals surface area (Å²) in [6.07, 6.45) is 2.39. The number of carboxylic acids is 1. The molecule has 2 aromatic carbocycles. The zero-order valence-corrected chi connectivity index (χ0v) is 22.3. The SMILES string of the molecule is CCC1N(C(=O)O)c2ccc3cc2[N+]1(C(=O)O)N3C1(C(=O)c2ccc(N(C)C)cc2)C=CC=CN1CCC(=O)O. The van der Waals surface area contributed by atoms with Crippen LogP contribution in [0.4, 0.5) is 32.3 Å². The lowest BCUT2D eigenvalue weighted by atomic mass is 9.91. The number of anilines is 3. The van der Waals surface area contributed by atoms with Crippen LogP contribution in [-0.4, -0.2) is 76.6 Å². The van der Waals surface area contributed by atoms with Gasteiger partial charge < -0.3 is 25.1 Å². The molecular formula is C28H30N5O7+. The van der Waals surface area contributed by atoms with Crippen molar-refractivity contribution in [1.29, 1.82) is 0 Å². The van der Waals surface area contributed by atoms with Crippen LogP contribution in [0.1, 0.15) is 30.1 Å². The van der Waals surface area contributed by atoms with Crippen molar-refractivity contribution in [1.82, 2.24) is 9.49 Å². The molecule has 0 radical (unpaired) electrons. The van der Waals surface area contributed by atoms with Gasteiger partial charge in [0.1, 0.15) is 5.69 Å². The largest absolute Gasteiger partial charge is 0.546 e. The van der Waals surface area contributed by atoms with Crippen molar-refractivity contribution in [2.24, 2.45) is 0 Å². The third kappa shape index (κ3) is 3.49. The maximum absolute atomic E-state index is 14.8. The summed E-state index contributed by atoms with van der Waals surface area (Å²) in [6.45, 7) is 1.58. The number of carbonyl (C=O) groups excluding carboxylic acids is 1. The molecule has 3 unspecified atom stereocenters. The molecular weight excluding hydrogens is 518 g/mol. The Morgan fingerprint density at radius 3 is 2.27 bits per heavy atom. The minimum Gasteiger partial charge on any atom is -0.481 e. The molecule has 2 aromatic rings. The third-order valence-electron chi connectivity index (χ3n) is 7.75. The van der Waals surface area contributed by atoms with E-state index in [0.717, 1.165) is 10.6 Å². The lowest BCUT2D eigenvalue weighted by molar-refractivity contribution is -0.137. The van der Waals surface area contributed by atoms with Crippen LogP contribution in [0.25, 0.3) is 0 Å². The predicted molar refractivity (Wildman–Crippen MR) is 148 cm³/mol. The summed E-state index contributed by atoms with van der Waals surface area (Å²) in [7, 11) is 3.73. The van der Waals surface area contributed by atoms with Gasteiger partial charge in [0.25, 0.3) is 0 Å². The van der Waals surface area contributed by atoms with Crippen molar-refractivity contribution in [3.63, 3.8) is 0 Å². The number of nitrogens with zero attached hydrogens (tertiary/aromatic N) is 5. The number of hydrogen-bond acceptors (Lipinski definition) is 7. The van der Waals surface area contributed by atoms with Crippen molar-refractivity contribution in [2.45, 2.75) is 31.6 Å². The van der Waals surface area contributed by atoms with Crippen LogP contribution in [0.3, 0.4) is 0 Å². The van der Waals surface area contributed by atoms with Crippen molar-refractivity contribution in [3.05, 3.63) is 72.5 Å². The maximum Gasteiger partial charge on any atom is 0.546 e. The summed E-state index contributed by atoms with van der Waals surface area (Å²) >= 11 is 0. The molecule has 5 rings (SSSR count). The first-order valence-corrected chi connectivity index (χ1v) is 12.8. The molecule has 3 aliphatic heterocycles. The van der Waals surface area contributed by atoms with Gasteiger partial charge in [-0.2, -0.15) is 9.80 Å². The lowest BCUT2D eigenvalue weighted by Gasteiger charge is -2.52. The van der Waals surface area contributed by atoms with Gasteiger partial charge in [0.15, 0.2) is 5.69 Å². The molecule has 3 aliphatic rings. The van der Waals surface area contributed by atoms with Gasteiger partial charge in [-0.05, 0) is 48.6 Å². The number of aliphatic carboxylic acids is 1. The number of hydrogen-bond donors (Lipinski definition) is 3. The van der Waals surface area contributed by atoms with Gasteiger partial charge in [0, 0.05) is 50.6 Å². The average Bonchev–Trinajstić information content (AvgIpc) is 3.37. The van der Waals surface area contributed by atoms with Crippen LogP contribution in [-0.2, 0) is 4.79 Å². The molecule has 2 amide bonds. The fourth-order valence-corrected chi connectivity index (χ4v) is 6.09. The summed E-state index contributed by atoms with van der Waals surface area (Å²) in [6, 6.07) is 11.6. The fourth-order valence-electron chi connectivity index (χ4n) is 6.09. The Kier molecular flexibility index (Phi) is 6.30. The van der Waals surface area contributed by atoms with E-state index < -0.39 is 40.4 Å². The van der Waals surface area contributed by atoms with Crippen LogP contribution in [0, 0.1) is 0 Å². The molecule has 0 spiro atoms. The average molecular weight is 549 g/mol. The van der Waals surface area contributed by atoms with E-state index in [2.05, 4.69) is 0 Å². The highest BCUT2D eigenvalue weighted by Crippen LogP contribution is 2.58. The van der Waals surface area contributed by atoms with Gasteiger partial charge >= 0.3 is 18.2 Å². The van der Waals surface area contributed by atoms with E-state index in [1.54, 1.807) is 73.8 Å². The molecule has 12 heteroatoms. The minimum atomic E-state index is -1.85. The fraction of sp³-hybridized carbons (Fsp3) is 0.286. The molecule has 0 saturated carbocycles. The molecule has 0 fully saturated rings. The van der Waals surface area contributed by atoms with Crippen LogP contribution >= 0.6 is 0 Å². The van der Waals surface area contributed by atoms with Gasteiger partial charge in [-0.15, -0.1) is 0 Å². The van der Waals surface area contributed by atoms with Gasteiger partial charge in [0.05, 0.1) is 12.1 Å². The van der Waals surface area contributed by atoms with E-state index in [-0.39, 0.29) is 36.3 Å². The second-order valence-electron chi connectivity index (χ2n) is 10.0. The van der Waals surface area contributed by atoms with E-state index >= 15 is 0 Å². The molecule has 208 valence electrons. The van der Waals surface area contributed by atoms with Gasteiger partial charge in [-0.25, -0.2) is 9.69 Å². The Morgan fingerprint density at radius 2 is 1.70 bits per heavy atom. The van der Waals surface area contributed by atoms with Gasteiger partial charge in [-0.1, -0.05) is 17.6 Å². The zero-order chi connectivity index (χ0) is 29.0. The maximum atomic E-state index is 14.8. The van der Waals surface area contributed by atoms with E-state index in [9.17, 15) is 34.5 Å². The quantitative estimate of drug-likeness (QED) is 0.325. The third-order valence-corrected chi connectivity index (χ3v) is 7.75. The highest BCUT2D eigenvalue weighted by Gasteiger charge is 2.72. The highest BCUT2D eigenvalue weighted by atomic mass is 16.4. The summed E-state index contributed by atoms with van der Waals surface area (Å²) in [5, 5.41) is 32.0. The number of fused-ring (bicyclic) bond motifs is 1. The first kappa shape index (κ1) is 26.8. The monoisotopic (exact) mass is 548 g/mol. The smallest absolute Gasteiger partial charge is 0.481 e. The van der Waals surface area contributed by atoms with Crippen LogP contribution < -0.4 is 19.4 Å². The number of carbonyl (C=O) groups is 4. The van der Waals surface area contributed by atoms with Crippen LogP contribution in [0.2, 0.25) is 0 Å². The number of benzene rings is 2. The molecule has 0 aliphatic carbocycles.